The van der Waals surface area contributed by atoms with E-state index in [1.165, 1.54) is 4.90 Å². The Morgan fingerprint density at radius 3 is 2.06 bits per heavy atom. The minimum Gasteiger partial charge on any atom is -0.351 e. The maximum Gasteiger partial charge on any atom is 0.329 e. The number of carbonyl (C=O) groups is 3. The first-order chi connectivity index (χ1) is 14.9. The summed E-state index contributed by atoms with van der Waals surface area (Å²) in [7, 11) is 1.81. The van der Waals surface area contributed by atoms with Gasteiger partial charge in [-0.1, -0.05) is 67.6 Å². The van der Waals surface area contributed by atoms with Gasteiger partial charge in [-0.25, -0.2) is 9.69 Å². The van der Waals surface area contributed by atoms with E-state index < -0.39 is 11.6 Å². The number of quaternary nitrogens is 1. The van der Waals surface area contributed by atoms with Crippen molar-refractivity contribution in [2.24, 2.45) is 0 Å². The predicted molar refractivity (Wildman–Crippen MR) is 118 cm³/mol. The molecule has 1 aliphatic rings. The molecule has 164 valence electrons. The number of nitrogens with one attached hydrogen (secondary N) is 3. The molecule has 0 radical (unpaired) electrons. The molecule has 1 heterocycles. The maximum absolute atomic E-state index is 13.6. The van der Waals surface area contributed by atoms with Crippen LogP contribution in [0.3, 0.4) is 0 Å². The summed E-state index contributed by atoms with van der Waals surface area (Å²) in [5.74, 6) is -0.343. The summed E-state index contributed by atoms with van der Waals surface area (Å²) in [5, 5.41) is 5.81. The van der Waals surface area contributed by atoms with E-state index in [1.54, 1.807) is 7.05 Å². The van der Waals surface area contributed by atoms with Crippen molar-refractivity contribution in [3.05, 3.63) is 71.8 Å². The Labute approximate surface area is 183 Å². The minimum absolute atomic E-state index is 0.0914. The van der Waals surface area contributed by atoms with Crippen molar-refractivity contribution in [1.29, 1.82) is 0 Å². The average molecular weight is 424 g/mol. The minimum atomic E-state index is -1.05. The number of hydrogen-bond acceptors (Lipinski definition) is 3. The molecule has 1 fully saturated rings. The second-order valence-corrected chi connectivity index (χ2v) is 8.21. The smallest absolute Gasteiger partial charge is 0.329 e. The lowest BCUT2D eigenvalue weighted by Gasteiger charge is -2.27. The van der Waals surface area contributed by atoms with E-state index in [4.69, 9.17) is 0 Å². The summed E-state index contributed by atoms with van der Waals surface area (Å²) < 4.78 is 0. The SMILES string of the molecule is CCCNC(=O)C[NH+](C)CN1C(=O)NC(Cc2ccccc2)(Cc2ccccc2)C1=O. The molecule has 3 rings (SSSR count). The van der Waals surface area contributed by atoms with Crippen LogP contribution in [0.2, 0.25) is 0 Å². The molecule has 7 nitrogen and oxygen atoms in total. The summed E-state index contributed by atoms with van der Waals surface area (Å²) in [5.41, 5.74) is 0.909. The third kappa shape index (κ3) is 5.70. The fraction of sp³-hybridized carbons (Fsp3) is 0.375. The number of carbonyl (C=O) groups excluding carboxylic acids is 3. The topological polar surface area (TPSA) is 82.9 Å². The van der Waals surface area contributed by atoms with Gasteiger partial charge in [0.25, 0.3) is 11.8 Å². The molecule has 0 aromatic heterocycles. The van der Waals surface area contributed by atoms with Crippen molar-refractivity contribution in [2.75, 3.05) is 26.8 Å². The lowest BCUT2D eigenvalue weighted by Crippen LogP contribution is -3.12. The highest BCUT2D eigenvalue weighted by Gasteiger charge is 2.52. The van der Waals surface area contributed by atoms with Crippen LogP contribution in [0.15, 0.2) is 60.7 Å². The Morgan fingerprint density at radius 1 is 1.00 bits per heavy atom. The summed E-state index contributed by atoms with van der Waals surface area (Å²) >= 11 is 0. The molecule has 2 aromatic rings. The van der Waals surface area contributed by atoms with E-state index >= 15 is 0 Å². The molecule has 0 aliphatic carbocycles. The zero-order valence-electron chi connectivity index (χ0n) is 18.2. The number of amides is 4. The fourth-order valence-electron chi connectivity index (χ4n) is 3.94. The third-order valence-corrected chi connectivity index (χ3v) is 5.41. The molecule has 0 spiro atoms. The first kappa shape index (κ1) is 22.5. The molecule has 0 bridgehead atoms. The molecule has 7 heteroatoms. The molecule has 4 amide bonds. The van der Waals surface area contributed by atoms with Gasteiger partial charge in [-0.3, -0.25) is 9.59 Å². The Bertz CT molecular complexity index is 860. The summed E-state index contributed by atoms with van der Waals surface area (Å²) in [4.78, 5) is 40.5. The lowest BCUT2D eigenvalue weighted by atomic mass is 9.84. The first-order valence-corrected chi connectivity index (χ1v) is 10.7. The van der Waals surface area contributed by atoms with E-state index in [2.05, 4.69) is 10.6 Å². The van der Waals surface area contributed by atoms with Gasteiger partial charge in [-0.05, 0) is 17.5 Å². The maximum atomic E-state index is 13.6. The van der Waals surface area contributed by atoms with Gasteiger partial charge in [0.1, 0.15) is 5.54 Å². The average Bonchev–Trinajstić information content (AvgIpc) is 2.97. The van der Waals surface area contributed by atoms with E-state index in [9.17, 15) is 14.4 Å². The fourth-order valence-corrected chi connectivity index (χ4v) is 3.94. The van der Waals surface area contributed by atoms with Crippen LogP contribution >= 0.6 is 0 Å². The van der Waals surface area contributed by atoms with E-state index in [0.717, 1.165) is 22.4 Å². The van der Waals surface area contributed by atoms with Crippen molar-refractivity contribution in [3.8, 4) is 0 Å². The van der Waals surface area contributed by atoms with E-state index in [1.807, 2.05) is 67.6 Å². The van der Waals surface area contributed by atoms with Crippen molar-refractivity contribution in [2.45, 2.75) is 31.7 Å². The Kier molecular flexibility index (Phi) is 7.41. The number of likely N-dealkylation sites (N-methyl/N-ethyl adjacent to an activating group) is 1. The van der Waals surface area contributed by atoms with Crippen molar-refractivity contribution in [3.63, 3.8) is 0 Å². The van der Waals surface area contributed by atoms with Gasteiger partial charge < -0.3 is 15.5 Å². The van der Waals surface area contributed by atoms with Crippen LogP contribution in [0.25, 0.3) is 0 Å². The second kappa shape index (κ2) is 10.2. The summed E-state index contributed by atoms with van der Waals surface area (Å²) in [6.07, 6.45) is 1.67. The van der Waals surface area contributed by atoms with Crippen LogP contribution in [-0.4, -0.2) is 55.1 Å². The molecule has 2 aromatic carbocycles. The number of nitrogens with zero attached hydrogens (tertiary/aromatic N) is 1. The van der Waals surface area contributed by atoms with Crippen molar-refractivity contribution < 1.29 is 19.3 Å². The standard InChI is InChI=1S/C24H30N4O3/c1-3-14-25-21(29)17-27(2)18-28-22(30)24(26-23(28)31,15-19-10-6-4-7-11-19)16-20-12-8-5-9-13-20/h4-13H,3,14-18H2,1-2H3,(H,25,29)(H,26,31)/p+1. The van der Waals surface area contributed by atoms with Gasteiger partial charge in [0.2, 0.25) is 0 Å². The van der Waals surface area contributed by atoms with Gasteiger partial charge in [0.15, 0.2) is 13.2 Å². The Hall–Kier alpha value is -3.19. The summed E-state index contributed by atoms with van der Waals surface area (Å²) in [6, 6.07) is 19.0. The first-order valence-electron chi connectivity index (χ1n) is 10.7. The molecule has 1 atom stereocenters. The predicted octanol–water partition coefficient (Wildman–Crippen LogP) is 0.761. The highest BCUT2D eigenvalue weighted by atomic mass is 16.2. The van der Waals surface area contributed by atoms with Gasteiger partial charge in [0.05, 0.1) is 7.05 Å². The highest BCUT2D eigenvalue weighted by Crippen LogP contribution is 2.26. The Morgan fingerprint density at radius 2 is 1.55 bits per heavy atom. The van der Waals surface area contributed by atoms with Crippen LogP contribution < -0.4 is 15.5 Å². The normalized spacial score (nSPS) is 16.1. The number of hydrogen-bond donors (Lipinski definition) is 3. The molecule has 3 N–H and O–H groups in total. The molecule has 0 saturated carbocycles. The van der Waals surface area contributed by atoms with Crippen LogP contribution in [-0.2, 0) is 22.4 Å². The van der Waals surface area contributed by atoms with Gasteiger partial charge >= 0.3 is 6.03 Å². The van der Waals surface area contributed by atoms with Crippen LogP contribution in [0.4, 0.5) is 4.79 Å². The molecular formula is C24H31N4O3+. The number of urea groups is 1. The monoisotopic (exact) mass is 423 g/mol. The quantitative estimate of drug-likeness (QED) is 0.494. The van der Waals surface area contributed by atoms with E-state index in [-0.39, 0.29) is 25.0 Å². The number of rotatable bonds is 10. The van der Waals surface area contributed by atoms with Gasteiger partial charge in [-0.2, -0.15) is 0 Å². The molecule has 31 heavy (non-hydrogen) atoms. The lowest BCUT2D eigenvalue weighted by molar-refractivity contribution is -0.879. The molecule has 1 saturated heterocycles. The van der Waals surface area contributed by atoms with Gasteiger partial charge in [-0.15, -0.1) is 0 Å². The largest absolute Gasteiger partial charge is 0.351 e. The number of benzene rings is 2. The zero-order valence-corrected chi connectivity index (χ0v) is 18.2. The third-order valence-electron chi connectivity index (χ3n) is 5.41. The molecule has 1 aliphatic heterocycles. The van der Waals surface area contributed by atoms with Crippen LogP contribution in [0, 0.1) is 0 Å². The number of imide groups is 1. The van der Waals surface area contributed by atoms with Crippen molar-refractivity contribution >= 4 is 17.8 Å². The zero-order chi connectivity index (χ0) is 22.3. The highest BCUT2D eigenvalue weighted by molar-refractivity contribution is 6.07. The second-order valence-electron chi connectivity index (χ2n) is 8.21. The molecule has 1 unspecified atom stereocenters. The summed E-state index contributed by atoms with van der Waals surface area (Å²) in [6.45, 7) is 2.94. The van der Waals surface area contributed by atoms with E-state index in [0.29, 0.717) is 19.4 Å². The van der Waals surface area contributed by atoms with Crippen LogP contribution in [0.5, 0.6) is 0 Å². The Balaban J connectivity index is 1.79. The molecular weight excluding hydrogens is 392 g/mol. The van der Waals surface area contributed by atoms with Crippen LogP contribution in [0.1, 0.15) is 24.5 Å². The van der Waals surface area contributed by atoms with Gasteiger partial charge in [0, 0.05) is 19.4 Å². The van der Waals surface area contributed by atoms with Crippen molar-refractivity contribution in [1.82, 2.24) is 15.5 Å².